The van der Waals surface area contributed by atoms with Crippen LogP contribution in [-0.4, -0.2) is 51.0 Å². The molecular weight excluding hydrogens is 450 g/mol. The van der Waals surface area contributed by atoms with Gasteiger partial charge in [-0.1, -0.05) is 36.8 Å². The third-order valence-corrected chi connectivity index (χ3v) is 8.41. The SMILES string of the molecule is CS(=O)(=O)Cc1ccc(-c2ccc3c(c2)CCC2(CCN(C(=O)OCC4CCC4)CC2)O3)cc1. The topological polar surface area (TPSA) is 72.9 Å². The molecule has 0 aromatic heterocycles. The van der Waals surface area contributed by atoms with Crippen molar-refractivity contribution in [1.29, 1.82) is 0 Å². The van der Waals surface area contributed by atoms with Crippen molar-refractivity contribution in [2.45, 2.75) is 56.3 Å². The predicted octanol–water partition coefficient (Wildman–Crippen LogP) is 4.99. The highest BCUT2D eigenvalue weighted by Crippen LogP contribution is 2.41. The number of ether oxygens (including phenoxy) is 2. The molecule has 0 bridgehead atoms. The van der Waals surface area contributed by atoms with Gasteiger partial charge in [-0.3, -0.25) is 0 Å². The van der Waals surface area contributed by atoms with Crippen molar-refractivity contribution in [3.63, 3.8) is 0 Å². The quantitative estimate of drug-likeness (QED) is 0.599. The molecule has 0 atom stereocenters. The van der Waals surface area contributed by atoms with E-state index >= 15 is 0 Å². The number of fused-ring (bicyclic) bond motifs is 1. The minimum Gasteiger partial charge on any atom is -0.487 e. The number of carbonyl (C=O) groups excluding carboxylic acids is 1. The van der Waals surface area contributed by atoms with E-state index < -0.39 is 9.84 Å². The van der Waals surface area contributed by atoms with Crippen molar-refractivity contribution in [3.05, 3.63) is 53.6 Å². The molecule has 6 nitrogen and oxygen atoms in total. The van der Waals surface area contributed by atoms with Crippen molar-refractivity contribution in [2.24, 2.45) is 5.92 Å². The minimum absolute atomic E-state index is 0.0586. The lowest BCUT2D eigenvalue weighted by Crippen LogP contribution is -2.51. The van der Waals surface area contributed by atoms with Crippen LogP contribution in [0.4, 0.5) is 4.79 Å². The zero-order valence-corrected chi connectivity index (χ0v) is 20.6. The van der Waals surface area contributed by atoms with Crippen molar-refractivity contribution in [2.75, 3.05) is 26.0 Å². The van der Waals surface area contributed by atoms with Gasteiger partial charge in [0.05, 0.1) is 12.4 Å². The summed E-state index contributed by atoms with van der Waals surface area (Å²) in [6, 6.07) is 14.0. The van der Waals surface area contributed by atoms with E-state index in [9.17, 15) is 13.2 Å². The van der Waals surface area contributed by atoms with Crippen LogP contribution in [0.25, 0.3) is 11.1 Å². The molecule has 0 N–H and O–H groups in total. The van der Waals surface area contributed by atoms with E-state index in [1.165, 1.54) is 31.1 Å². The molecule has 0 radical (unpaired) electrons. The van der Waals surface area contributed by atoms with Crippen molar-refractivity contribution in [3.8, 4) is 16.9 Å². The third-order valence-electron chi connectivity index (χ3n) is 7.55. The number of nitrogens with zero attached hydrogens (tertiary/aromatic N) is 1. The number of amides is 1. The van der Waals surface area contributed by atoms with Crippen LogP contribution in [0.1, 0.15) is 49.7 Å². The number of hydrogen-bond donors (Lipinski definition) is 0. The van der Waals surface area contributed by atoms with E-state index in [1.54, 1.807) is 0 Å². The van der Waals surface area contributed by atoms with Gasteiger partial charge in [0.15, 0.2) is 9.84 Å². The molecule has 1 spiro atoms. The van der Waals surface area contributed by atoms with Gasteiger partial charge in [0, 0.05) is 32.2 Å². The molecule has 2 aromatic rings. The first kappa shape index (κ1) is 23.2. The summed E-state index contributed by atoms with van der Waals surface area (Å²) >= 11 is 0. The Morgan fingerprint density at radius 3 is 2.41 bits per heavy atom. The molecule has 2 heterocycles. The van der Waals surface area contributed by atoms with E-state index in [1.807, 2.05) is 29.2 Å². The highest BCUT2D eigenvalue weighted by atomic mass is 32.2. The second-order valence-corrected chi connectivity index (χ2v) is 12.4. The normalized spacial score (nSPS) is 19.7. The number of aryl methyl sites for hydroxylation is 1. The maximum Gasteiger partial charge on any atom is 0.409 e. The van der Waals surface area contributed by atoms with Crippen molar-refractivity contribution < 1.29 is 22.7 Å². The van der Waals surface area contributed by atoms with Crippen molar-refractivity contribution in [1.82, 2.24) is 4.90 Å². The molecule has 1 aliphatic carbocycles. The zero-order valence-electron chi connectivity index (χ0n) is 19.8. The molecule has 5 rings (SSSR count). The monoisotopic (exact) mass is 483 g/mol. The second kappa shape index (κ2) is 9.25. The molecule has 2 aromatic carbocycles. The Labute approximate surface area is 202 Å². The smallest absolute Gasteiger partial charge is 0.409 e. The van der Waals surface area contributed by atoms with E-state index in [2.05, 4.69) is 18.2 Å². The van der Waals surface area contributed by atoms with Crippen LogP contribution < -0.4 is 4.74 Å². The summed E-state index contributed by atoms with van der Waals surface area (Å²) in [6.45, 7) is 1.92. The average Bonchev–Trinajstić information content (AvgIpc) is 2.78. The molecule has 1 saturated heterocycles. The molecule has 3 aliphatic rings. The molecule has 2 fully saturated rings. The Hall–Kier alpha value is -2.54. The summed E-state index contributed by atoms with van der Waals surface area (Å²) in [7, 11) is -3.04. The second-order valence-electron chi connectivity index (χ2n) is 10.2. The van der Waals surface area contributed by atoms with Crippen LogP contribution in [0.15, 0.2) is 42.5 Å². The van der Waals surface area contributed by atoms with Gasteiger partial charge in [0.25, 0.3) is 0 Å². The molecule has 34 heavy (non-hydrogen) atoms. The van der Waals surface area contributed by atoms with Gasteiger partial charge in [0.1, 0.15) is 11.4 Å². The van der Waals surface area contributed by atoms with Crippen LogP contribution in [0.2, 0.25) is 0 Å². The highest BCUT2D eigenvalue weighted by Gasteiger charge is 2.41. The summed E-state index contributed by atoms with van der Waals surface area (Å²) in [5.74, 6) is 1.56. The number of likely N-dealkylation sites (tertiary alicyclic amines) is 1. The number of benzene rings is 2. The lowest BCUT2D eigenvalue weighted by molar-refractivity contribution is -0.0168. The Kier molecular flexibility index (Phi) is 6.32. The molecule has 0 unspecified atom stereocenters. The van der Waals surface area contributed by atoms with Crippen LogP contribution in [0.5, 0.6) is 5.75 Å². The van der Waals surface area contributed by atoms with Gasteiger partial charge in [-0.05, 0) is 66.0 Å². The molecule has 182 valence electrons. The predicted molar refractivity (Wildman–Crippen MR) is 132 cm³/mol. The molecular formula is C27H33NO5S. The average molecular weight is 484 g/mol. The number of piperidine rings is 1. The maximum atomic E-state index is 12.4. The molecule has 2 aliphatic heterocycles. The maximum absolute atomic E-state index is 12.4. The zero-order chi connectivity index (χ0) is 23.8. The van der Waals surface area contributed by atoms with Gasteiger partial charge in [0.2, 0.25) is 0 Å². The Bertz CT molecular complexity index is 1150. The molecule has 7 heteroatoms. The number of hydrogen-bond acceptors (Lipinski definition) is 5. The lowest BCUT2D eigenvalue weighted by Gasteiger charge is -2.44. The highest BCUT2D eigenvalue weighted by molar-refractivity contribution is 7.89. The summed E-state index contributed by atoms with van der Waals surface area (Å²) in [6.07, 6.45) is 8.24. The summed E-state index contributed by atoms with van der Waals surface area (Å²) < 4.78 is 35.1. The van der Waals surface area contributed by atoms with E-state index in [4.69, 9.17) is 9.47 Å². The summed E-state index contributed by atoms with van der Waals surface area (Å²) in [4.78, 5) is 14.2. The van der Waals surface area contributed by atoms with Crippen LogP contribution >= 0.6 is 0 Å². The lowest BCUT2D eigenvalue weighted by atomic mass is 9.82. The Balaban J connectivity index is 1.19. The van der Waals surface area contributed by atoms with E-state index in [0.29, 0.717) is 25.6 Å². The van der Waals surface area contributed by atoms with E-state index in [0.717, 1.165) is 48.1 Å². The number of sulfone groups is 1. The van der Waals surface area contributed by atoms with Crippen LogP contribution in [-0.2, 0) is 26.7 Å². The number of rotatable bonds is 5. The fraction of sp³-hybridized carbons (Fsp3) is 0.519. The summed E-state index contributed by atoms with van der Waals surface area (Å²) in [5.41, 5.74) is 3.97. The molecule has 1 amide bonds. The van der Waals surface area contributed by atoms with Gasteiger partial charge >= 0.3 is 6.09 Å². The first-order chi connectivity index (χ1) is 16.3. The fourth-order valence-electron chi connectivity index (χ4n) is 5.19. The third kappa shape index (κ3) is 5.24. The van der Waals surface area contributed by atoms with Crippen LogP contribution in [0.3, 0.4) is 0 Å². The first-order valence-electron chi connectivity index (χ1n) is 12.3. The first-order valence-corrected chi connectivity index (χ1v) is 14.4. The number of carbonyl (C=O) groups is 1. The van der Waals surface area contributed by atoms with Crippen molar-refractivity contribution >= 4 is 15.9 Å². The van der Waals surface area contributed by atoms with Gasteiger partial charge in [-0.2, -0.15) is 0 Å². The Morgan fingerprint density at radius 2 is 1.76 bits per heavy atom. The fourth-order valence-corrected chi connectivity index (χ4v) is 5.98. The standard InChI is InChI=1S/C27H33NO5S/c1-34(30,31)19-21-5-7-22(8-6-21)23-9-10-25-24(17-23)11-12-27(33-25)13-15-28(16-14-27)26(29)32-18-20-3-2-4-20/h5-10,17,20H,2-4,11-16,18-19H2,1H3. The van der Waals surface area contributed by atoms with Gasteiger partial charge < -0.3 is 14.4 Å². The van der Waals surface area contributed by atoms with Gasteiger partial charge in [-0.15, -0.1) is 0 Å². The Morgan fingerprint density at radius 1 is 1.06 bits per heavy atom. The van der Waals surface area contributed by atoms with Crippen LogP contribution in [0, 0.1) is 5.92 Å². The van der Waals surface area contributed by atoms with E-state index in [-0.39, 0.29) is 17.4 Å². The minimum atomic E-state index is -3.04. The summed E-state index contributed by atoms with van der Waals surface area (Å²) in [5, 5.41) is 0. The van der Waals surface area contributed by atoms with Gasteiger partial charge in [-0.25, -0.2) is 13.2 Å². The largest absolute Gasteiger partial charge is 0.487 e. The molecule has 1 saturated carbocycles.